The monoisotopic (exact) mass is 334 g/mol. The molecule has 6 heteroatoms. The van der Waals surface area contributed by atoms with E-state index in [1.807, 2.05) is 31.2 Å². The summed E-state index contributed by atoms with van der Waals surface area (Å²) in [5.74, 6) is 0.788. The molecule has 126 valence electrons. The Labute approximate surface area is 145 Å². The highest BCUT2D eigenvalue weighted by Gasteiger charge is 2.05. The molecule has 0 aliphatic heterocycles. The van der Waals surface area contributed by atoms with Crippen molar-refractivity contribution >= 4 is 29.1 Å². The minimum absolute atomic E-state index is 0.363. The van der Waals surface area contributed by atoms with Gasteiger partial charge in [-0.2, -0.15) is 4.98 Å². The van der Waals surface area contributed by atoms with E-state index in [-0.39, 0.29) is 5.97 Å². The van der Waals surface area contributed by atoms with Crippen molar-refractivity contribution in [2.45, 2.75) is 6.92 Å². The molecule has 25 heavy (non-hydrogen) atoms. The zero-order chi connectivity index (χ0) is 17.6. The highest BCUT2D eigenvalue weighted by Crippen LogP contribution is 2.19. The predicted octanol–water partition coefficient (Wildman–Crippen LogP) is 4.06. The molecular weight excluding hydrogens is 316 g/mol. The number of methoxy groups -OCH3 is 1. The SMILES string of the molecule is COC(=O)c1ccc(Nc2ccnc(Nc3cccc(C)c3)n2)cc1. The summed E-state index contributed by atoms with van der Waals surface area (Å²) in [5, 5.41) is 6.36. The number of nitrogens with zero attached hydrogens (tertiary/aromatic N) is 2. The molecule has 1 heterocycles. The maximum absolute atomic E-state index is 11.5. The quantitative estimate of drug-likeness (QED) is 0.685. The third-order valence-electron chi connectivity index (χ3n) is 3.51. The highest BCUT2D eigenvalue weighted by molar-refractivity contribution is 5.89. The maximum Gasteiger partial charge on any atom is 0.337 e. The van der Waals surface area contributed by atoms with Gasteiger partial charge in [0.2, 0.25) is 5.95 Å². The predicted molar refractivity (Wildman–Crippen MR) is 97.6 cm³/mol. The Hall–Kier alpha value is -3.41. The van der Waals surface area contributed by atoms with Crippen molar-refractivity contribution in [3.63, 3.8) is 0 Å². The molecule has 3 aromatic rings. The van der Waals surface area contributed by atoms with Crippen LogP contribution in [-0.4, -0.2) is 23.0 Å². The normalized spacial score (nSPS) is 10.2. The average molecular weight is 334 g/mol. The van der Waals surface area contributed by atoms with Crippen LogP contribution in [-0.2, 0) is 4.74 Å². The lowest BCUT2D eigenvalue weighted by molar-refractivity contribution is 0.0601. The molecule has 1 aromatic heterocycles. The molecule has 0 atom stereocenters. The van der Waals surface area contributed by atoms with Crippen LogP contribution in [0.15, 0.2) is 60.8 Å². The second-order valence-electron chi connectivity index (χ2n) is 5.45. The summed E-state index contributed by atoms with van der Waals surface area (Å²) in [5.41, 5.74) is 3.40. The molecule has 0 fully saturated rings. The summed E-state index contributed by atoms with van der Waals surface area (Å²) in [7, 11) is 1.36. The van der Waals surface area contributed by atoms with Crippen molar-refractivity contribution < 1.29 is 9.53 Å². The number of esters is 1. The lowest BCUT2D eigenvalue weighted by atomic mass is 10.2. The molecule has 0 unspecified atom stereocenters. The van der Waals surface area contributed by atoms with Crippen LogP contribution in [0.2, 0.25) is 0 Å². The minimum Gasteiger partial charge on any atom is -0.465 e. The van der Waals surface area contributed by atoms with Crippen LogP contribution in [0.1, 0.15) is 15.9 Å². The van der Waals surface area contributed by atoms with E-state index in [9.17, 15) is 4.79 Å². The molecule has 0 aliphatic carbocycles. The molecule has 2 aromatic carbocycles. The van der Waals surface area contributed by atoms with E-state index in [1.54, 1.807) is 36.5 Å². The van der Waals surface area contributed by atoms with Gasteiger partial charge in [0, 0.05) is 17.6 Å². The number of rotatable bonds is 5. The van der Waals surface area contributed by atoms with E-state index >= 15 is 0 Å². The van der Waals surface area contributed by atoms with Crippen molar-refractivity contribution in [2.24, 2.45) is 0 Å². The van der Waals surface area contributed by atoms with Crippen molar-refractivity contribution in [1.82, 2.24) is 9.97 Å². The van der Waals surface area contributed by atoms with Crippen molar-refractivity contribution in [2.75, 3.05) is 17.7 Å². The van der Waals surface area contributed by atoms with Gasteiger partial charge in [-0.15, -0.1) is 0 Å². The van der Waals surface area contributed by atoms with Crippen LogP contribution < -0.4 is 10.6 Å². The van der Waals surface area contributed by atoms with E-state index in [2.05, 4.69) is 25.3 Å². The van der Waals surface area contributed by atoms with Crippen molar-refractivity contribution in [3.8, 4) is 0 Å². The van der Waals surface area contributed by atoms with Gasteiger partial charge in [-0.1, -0.05) is 12.1 Å². The zero-order valence-corrected chi connectivity index (χ0v) is 14.0. The number of carbonyl (C=O) groups is 1. The van der Waals surface area contributed by atoms with Gasteiger partial charge in [-0.05, 0) is 55.0 Å². The fraction of sp³-hybridized carbons (Fsp3) is 0.105. The van der Waals surface area contributed by atoms with Crippen LogP contribution in [0.4, 0.5) is 23.1 Å². The number of benzene rings is 2. The van der Waals surface area contributed by atoms with Gasteiger partial charge in [-0.25, -0.2) is 9.78 Å². The van der Waals surface area contributed by atoms with Gasteiger partial charge < -0.3 is 15.4 Å². The first-order valence-corrected chi connectivity index (χ1v) is 7.76. The molecule has 0 aliphatic rings. The smallest absolute Gasteiger partial charge is 0.337 e. The number of aromatic nitrogens is 2. The Bertz CT molecular complexity index is 879. The van der Waals surface area contributed by atoms with Crippen LogP contribution in [0.5, 0.6) is 0 Å². The Morgan fingerprint density at radius 3 is 2.52 bits per heavy atom. The van der Waals surface area contributed by atoms with Gasteiger partial charge in [0.05, 0.1) is 12.7 Å². The van der Waals surface area contributed by atoms with E-state index in [0.717, 1.165) is 16.9 Å². The molecule has 0 bridgehead atoms. The number of aryl methyl sites for hydroxylation is 1. The first-order chi connectivity index (χ1) is 12.1. The Morgan fingerprint density at radius 1 is 1.00 bits per heavy atom. The Morgan fingerprint density at radius 2 is 1.80 bits per heavy atom. The number of ether oxygens (including phenoxy) is 1. The second-order valence-corrected chi connectivity index (χ2v) is 5.45. The molecule has 0 radical (unpaired) electrons. The highest BCUT2D eigenvalue weighted by atomic mass is 16.5. The van der Waals surface area contributed by atoms with Gasteiger partial charge in [0.15, 0.2) is 0 Å². The number of nitrogens with one attached hydrogen (secondary N) is 2. The van der Waals surface area contributed by atoms with Crippen molar-refractivity contribution in [3.05, 3.63) is 71.9 Å². The number of carbonyl (C=O) groups excluding carboxylic acids is 1. The van der Waals surface area contributed by atoms with Gasteiger partial charge >= 0.3 is 5.97 Å². The van der Waals surface area contributed by atoms with Crippen molar-refractivity contribution in [1.29, 1.82) is 0 Å². The van der Waals surface area contributed by atoms with E-state index < -0.39 is 0 Å². The molecule has 6 nitrogen and oxygen atoms in total. The fourth-order valence-electron chi connectivity index (χ4n) is 2.30. The van der Waals surface area contributed by atoms with E-state index in [0.29, 0.717) is 17.3 Å². The fourth-order valence-corrected chi connectivity index (χ4v) is 2.30. The largest absolute Gasteiger partial charge is 0.465 e. The molecule has 3 rings (SSSR count). The molecule has 0 spiro atoms. The van der Waals surface area contributed by atoms with Gasteiger partial charge in [0.25, 0.3) is 0 Å². The van der Waals surface area contributed by atoms with Crippen LogP contribution in [0, 0.1) is 6.92 Å². The van der Waals surface area contributed by atoms with Gasteiger partial charge in [0.1, 0.15) is 5.82 Å². The standard InChI is InChI=1S/C19H18N4O2/c1-13-4-3-5-16(12-13)22-19-20-11-10-17(23-19)21-15-8-6-14(7-9-15)18(24)25-2/h3-12H,1-2H3,(H2,20,21,22,23). The molecule has 2 N–H and O–H groups in total. The third-order valence-corrected chi connectivity index (χ3v) is 3.51. The number of hydrogen-bond acceptors (Lipinski definition) is 6. The topological polar surface area (TPSA) is 76.1 Å². The summed E-state index contributed by atoms with van der Waals surface area (Å²) in [6.45, 7) is 2.03. The maximum atomic E-state index is 11.5. The lowest BCUT2D eigenvalue weighted by Crippen LogP contribution is -2.02. The first kappa shape index (κ1) is 16.4. The number of hydrogen-bond donors (Lipinski definition) is 2. The van der Waals surface area contributed by atoms with E-state index in [1.165, 1.54) is 7.11 Å². The van der Waals surface area contributed by atoms with Crippen LogP contribution >= 0.6 is 0 Å². The third kappa shape index (κ3) is 4.32. The summed E-state index contributed by atoms with van der Waals surface area (Å²) in [6.07, 6.45) is 1.68. The Balaban J connectivity index is 1.72. The average Bonchev–Trinajstić information content (AvgIpc) is 2.62. The lowest BCUT2D eigenvalue weighted by Gasteiger charge is -2.09. The molecule has 0 amide bonds. The summed E-state index contributed by atoms with van der Waals surface area (Å²) in [6, 6.07) is 16.7. The summed E-state index contributed by atoms with van der Waals surface area (Å²) in [4.78, 5) is 20.1. The summed E-state index contributed by atoms with van der Waals surface area (Å²) < 4.78 is 4.69. The second kappa shape index (κ2) is 7.44. The Kier molecular flexibility index (Phi) is 4.89. The zero-order valence-electron chi connectivity index (χ0n) is 14.0. The van der Waals surface area contributed by atoms with E-state index in [4.69, 9.17) is 0 Å². The molecular formula is C19H18N4O2. The number of anilines is 4. The molecule has 0 saturated carbocycles. The summed E-state index contributed by atoms with van der Waals surface area (Å²) >= 11 is 0. The van der Waals surface area contributed by atoms with Crippen LogP contribution in [0.25, 0.3) is 0 Å². The molecule has 0 saturated heterocycles. The van der Waals surface area contributed by atoms with Gasteiger partial charge in [-0.3, -0.25) is 0 Å². The minimum atomic E-state index is -0.363. The first-order valence-electron chi connectivity index (χ1n) is 7.76. The van der Waals surface area contributed by atoms with Crippen LogP contribution in [0.3, 0.4) is 0 Å².